The molecule has 0 aliphatic rings. The summed E-state index contributed by atoms with van der Waals surface area (Å²) in [7, 11) is 0. The third kappa shape index (κ3) is 13.2. The maximum Gasteiger partial charge on any atom is 0.270 e. The average molecular weight is 328 g/mol. The predicted molar refractivity (Wildman–Crippen MR) is 96.4 cm³/mol. The Bertz CT molecular complexity index is 305. The van der Waals surface area contributed by atoms with Crippen LogP contribution in [0.3, 0.4) is 0 Å². The fourth-order valence-electron chi connectivity index (χ4n) is 2.92. The number of hydrogen-bond acceptors (Lipinski definition) is 3. The van der Waals surface area contributed by atoms with Crippen LogP contribution in [-0.2, 0) is 4.79 Å². The molecule has 1 atom stereocenters. The summed E-state index contributed by atoms with van der Waals surface area (Å²) in [5.41, 5.74) is 0. The Morgan fingerprint density at radius 1 is 0.783 bits per heavy atom. The molecule has 23 heavy (non-hydrogen) atoms. The van der Waals surface area contributed by atoms with Gasteiger partial charge in [0.2, 0.25) is 5.78 Å². The van der Waals surface area contributed by atoms with Gasteiger partial charge in [-0.3, -0.25) is 14.9 Å². The Morgan fingerprint density at radius 3 is 1.70 bits per heavy atom. The summed E-state index contributed by atoms with van der Waals surface area (Å²) < 4.78 is 0. The summed E-state index contributed by atoms with van der Waals surface area (Å²) in [6.45, 7) is 4.33. The average Bonchev–Trinajstić information content (AvgIpc) is 2.52. The molecular formula is C19H37NO3. The molecule has 0 amide bonds. The van der Waals surface area contributed by atoms with Crippen LogP contribution in [-0.4, -0.2) is 16.7 Å². The summed E-state index contributed by atoms with van der Waals surface area (Å²) >= 11 is 0. The lowest BCUT2D eigenvalue weighted by molar-refractivity contribution is -0.508. The highest BCUT2D eigenvalue weighted by molar-refractivity contribution is 5.82. The summed E-state index contributed by atoms with van der Waals surface area (Å²) in [6.07, 6.45) is 15.5. The van der Waals surface area contributed by atoms with Crippen LogP contribution in [0.4, 0.5) is 0 Å². The van der Waals surface area contributed by atoms with Crippen molar-refractivity contribution in [2.45, 2.75) is 116 Å². The zero-order valence-corrected chi connectivity index (χ0v) is 15.4. The zero-order valence-electron chi connectivity index (χ0n) is 15.4. The number of nitrogens with zero attached hydrogens (tertiary/aromatic N) is 1. The van der Waals surface area contributed by atoms with E-state index in [1.54, 1.807) is 0 Å². The van der Waals surface area contributed by atoms with Gasteiger partial charge in [0.1, 0.15) is 0 Å². The van der Waals surface area contributed by atoms with Crippen LogP contribution in [0.25, 0.3) is 0 Å². The maximum absolute atomic E-state index is 12.0. The van der Waals surface area contributed by atoms with Gasteiger partial charge in [0.15, 0.2) is 0 Å². The number of rotatable bonds is 17. The number of nitro groups is 1. The number of hydrogen-bond donors (Lipinski definition) is 0. The summed E-state index contributed by atoms with van der Waals surface area (Å²) in [6, 6.07) is -0.958. The Hall–Kier alpha value is -0.930. The minimum atomic E-state index is -0.958. The first kappa shape index (κ1) is 22.1. The van der Waals surface area contributed by atoms with Gasteiger partial charge in [-0.2, -0.15) is 0 Å². The van der Waals surface area contributed by atoms with Gasteiger partial charge in [-0.1, -0.05) is 84.5 Å². The smallest absolute Gasteiger partial charge is 0.270 e. The first-order chi connectivity index (χ1) is 11.1. The standard InChI is InChI=1S/C19H37NO3/c1-3-5-7-9-10-11-12-13-15-17-19(21)18(20(22)23)16-14-8-6-4-2/h18H,3-17H2,1-2H3. The van der Waals surface area contributed by atoms with Crippen LogP contribution >= 0.6 is 0 Å². The summed E-state index contributed by atoms with van der Waals surface area (Å²) in [5.74, 6) is -0.158. The second-order valence-corrected chi connectivity index (χ2v) is 6.70. The van der Waals surface area contributed by atoms with E-state index in [1.165, 1.54) is 38.5 Å². The molecule has 0 saturated heterocycles. The van der Waals surface area contributed by atoms with Crippen LogP contribution in [0.15, 0.2) is 0 Å². The lowest BCUT2D eigenvalue weighted by atomic mass is 9.99. The number of unbranched alkanes of at least 4 members (excludes halogenated alkanes) is 11. The predicted octanol–water partition coefficient (Wildman–Crippen LogP) is 6.09. The highest BCUT2D eigenvalue weighted by atomic mass is 16.6. The van der Waals surface area contributed by atoms with Crippen LogP contribution in [0.1, 0.15) is 110 Å². The van der Waals surface area contributed by atoms with Crippen LogP contribution < -0.4 is 0 Å². The molecule has 0 aliphatic heterocycles. The fourth-order valence-corrected chi connectivity index (χ4v) is 2.92. The van der Waals surface area contributed by atoms with Crippen LogP contribution in [0, 0.1) is 10.1 Å². The minimum Gasteiger partial charge on any atom is -0.292 e. The molecule has 0 heterocycles. The monoisotopic (exact) mass is 327 g/mol. The van der Waals surface area contributed by atoms with Gasteiger partial charge in [0.25, 0.3) is 6.04 Å². The maximum atomic E-state index is 12.0. The molecule has 0 N–H and O–H groups in total. The zero-order chi connectivity index (χ0) is 17.3. The fraction of sp³-hybridized carbons (Fsp3) is 0.947. The molecule has 0 saturated carbocycles. The Morgan fingerprint density at radius 2 is 1.22 bits per heavy atom. The largest absolute Gasteiger partial charge is 0.292 e. The molecule has 0 aromatic rings. The molecule has 0 aromatic carbocycles. The van der Waals surface area contributed by atoms with Gasteiger partial charge >= 0.3 is 0 Å². The molecule has 0 aliphatic carbocycles. The van der Waals surface area contributed by atoms with E-state index in [2.05, 4.69) is 13.8 Å². The quantitative estimate of drug-likeness (QED) is 0.184. The minimum absolute atomic E-state index is 0.158. The van der Waals surface area contributed by atoms with Crippen molar-refractivity contribution in [3.05, 3.63) is 10.1 Å². The van der Waals surface area contributed by atoms with E-state index in [9.17, 15) is 14.9 Å². The van der Waals surface area contributed by atoms with Gasteiger partial charge < -0.3 is 0 Å². The lowest BCUT2D eigenvalue weighted by Gasteiger charge is -2.08. The van der Waals surface area contributed by atoms with Gasteiger partial charge in [-0.15, -0.1) is 0 Å². The van der Waals surface area contributed by atoms with Gasteiger partial charge in [0, 0.05) is 17.8 Å². The van der Waals surface area contributed by atoms with E-state index in [0.29, 0.717) is 12.8 Å². The number of ketones is 1. The molecule has 136 valence electrons. The molecule has 0 bridgehead atoms. The first-order valence-corrected chi connectivity index (χ1v) is 9.79. The lowest BCUT2D eigenvalue weighted by Crippen LogP contribution is -2.29. The second kappa shape index (κ2) is 15.9. The van der Waals surface area contributed by atoms with Crippen LogP contribution in [0.2, 0.25) is 0 Å². The van der Waals surface area contributed by atoms with Crippen molar-refractivity contribution in [3.63, 3.8) is 0 Å². The van der Waals surface area contributed by atoms with Crippen molar-refractivity contribution >= 4 is 5.78 Å². The summed E-state index contributed by atoms with van der Waals surface area (Å²) in [5, 5.41) is 11.0. The molecule has 0 rings (SSSR count). The van der Waals surface area contributed by atoms with E-state index in [0.717, 1.165) is 44.9 Å². The molecule has 4 heteroatoms. The molecule has 0 spiro atoms. The van der Waals surface area contributed by atoms with Crippen molar-refractivity contribution in [1.82, 2.24) is 0 Å². The molecule has 0 radical (unpaired) electrons. The van der Waals surface area contributed by atoms with E-state index in [1.807, 2.05) is 0 Å². The van der Waals surface area contributed by atoms with E-state index in [4.69, 9.17) is 0 Å². The first-order valence-electron chi connectivity index (χ1n) is 9.79. The second-order valence-electron chi connectivity index (χ2n) is 6.70. The Balaban J connectivity index is 3.68. The Kier molecular flexibility index (Phi) is 15.3. The number of carbonyl (C=O) groups is 1. The van der Waals surface area contributed by atoms with E-state index >= 15 is 0 Å². The van der Waals surface area contributed by atoms with Crippen molar-refractivity contribution in [3.8, 4) is 0 Å². The van der Waals surface area contributed by atoms with Crippen molar-refractivity contribution < 1.29 is 9.72 Å². The third-order valence-electron chi connectivity index (χ3n) is 4.48. The van der Waals surface area contributed by atoms with E-state index < -0.39 is 6.04 Å². The Labute approximate surface area is 142 Å². The molecule has 4 nitrogen and oxygen atoms in total. The highest BCUT2D eigenvalue weighted by Crippen LogP contribution is 2.14. The summed E-state index contributed by atoms with van der Waals surface area (Å²) in [4.78, 5) is 22.7. The normalized spacial score (nSPS) is 12.3. The van der Waals surface area contributed by atoms with Gasteiger partial charge in [0.05, 0.1) is 0 Å². The number of Topliss-reactive ketones (excluding diaryl/α,β-unsaturated/α-hetero) is 1. The van der Waals surface area contributed by atoms with E-state index in [-0.39, 0.29) is 10.7 Å². The van der Waals surface area contributed by atoms with Gasteiger partial charge in [-0.05, 0) is 12.8 Å². The molecule has 1 unspecified atom stereocenters. The van der Waals surface area contributed by atoms with Crippen molar-refractivity contribution in [2.75, 3.05) is 0 Å². The SMILES string of the molecule is CCCCCCCCCCCC(=O)C(CCCCCC)[N+](=O)[O-]. The van der Waals surface area contributed by atoms with Gasteiger partial charge in [-0.25, -0.2) is 0 Å². The topological polar surface area (TPSA) is 60.2 Å². The molecule has 0 fully saturated rings. The molecular weight excluding hydrogens is 290 g/mol. The highest BCUT2D eigenvalue weighted by Gasteiger charge is 2.27. The van der Waals surface area contributed by atoms with Crippen molar-refractivity contribution in [1.29, 1.82) is 0 Å². The van der Waals surface area contributed by atoms with Crippen LogP contribution in [0.5, 0.6) is 0 Å². The van der Waals surface area contributed by atoms with Crippen molar-refractivity contribution in [2.24, 2.45) is 0 Å². The molecule has 0 aromatic heterocycles. The number of carbonyl (C=O) groups excluding carboxylic acids is 1. The third-order valence-corrected chi connectivity index (χ3v) is 4.48.